The summed E-state index contributed by atoms with van der Waals surface area (Å²) < 4.78 is 6.85. The standard InChI is InChI=1S/C14H15N5O/c1-10-4-6-19-12(7-10)17-14(18-19)16-9-11-3-5-15-13(8-11)20-2/h3-8H,9H2,1-2H3,(H,16,18). The Morgan fingerprint density at radius 1 is 1.30 bits per heavy atom. The number of rotatable bonds is 4. The smallest absolute Gasteiger partial charge is 0.243 e. The van der Waals surface area contributed by atoms with Crippen molar-refractivity contribution in [3.05, 3.63) is 47.8 Å². The van der Waals surface area contributed by atoms with Crippen molar-refractivity contribution >= 4 is 11.6 Å². The van der Waals surface area contributed by atoms with E-state index in [2.05, 4.69) is 20.4 Å². The van der Waals surface area contributed by atoms with Crippen molar-refractivity contribution in [2.75, 3.05) is 12.4 Å². The van der Waals surface area contributed by atoms with Crippen LogP contribution in [0.5, 0.6) is 5.88 Å². The van der Waals surface area contributed by atoms with Crippen LogP contribution in [0.15, 0.2) is 36.7 Å². The highest BCUT2D eigenvalue weighted by atomic mass is 16.5. The van der Waals surface area contributed by atoms with Crippen molar-refractivity contribution in [2.24, 2.45) is 0 Å². The maximum Gasteiger partial charge on any atom is 0.243 e. The maximum absolute atomic E-state index is 5.09. The van der Waals surface area contributed by atoms with E-state index in [4.69, 9.17) is 4.74 Å². The van der Waals surface area contributed by atoms with E-state index in [1.54, 1.807) is 17.8 Å². The highest BCUT2D eigenvalue weighted by Gasteiger charge is 2.03. The van der Waals surface area contributed by atoms with Crippen molar-refractivity contribution in [3.8, 4) is 5.88 Å². The fraction of sp³-hybridized carbons (Fsp3) is 0.214. The molecule has 0 spiro atoms. The van der Waals surface area contributed by atoms with Gasteiger partial charge in [-0.25, -0.2) is 9.50 Å². The SMILES string of the molecule is COc1cc(CNc2nc3cc(C)ccn3n2)ccn1. The van der Waals surface area contributed by atoms with E-state index >= 15 is 0 Å². The molecule has 3 rings (SSSR count). The van der Waals surface area contributed by atoms with Crippen LogP contribution in [0.1, 0.15) is 11.1 Å². The Balaban J connectivity index is 1.76. The summed E-state index contributed by atoms with van der Waals surface area (Å²) in [6, 6.07) is 7.80. The first-order valence-corrected chi connectivity index (χ1v) is 6.30. The van der Waals surface area contributed by atoms with Gasteiger partial charge in [-0.2, -0.15) is 4.98 Å². The van der Waals surface area contributed by atoms with Crippen LogP contribution < -0.4 is 10.1 Å². The average Bonchev–Trinajstić information content (AvgIpc) is 2.87. The molecule has 0 radical (unpaired) electrons. The molecule has 1 N–H and O–H groups in total. The normalized spacial score (nSPS) is 10.7. The number of ether oxygens (including phenoxy) is 1. The summed E-state index contributed by atoms with van der Waals surface area (Å²) in [6.45, 7) is 2.65. The number of nitrogens with one attached hydrogen (secondary N) is 1. The van der Waals surface area contributed by atoms with Gasteiger partial charge in [0.2, 0.25) is 11.8 Å². The first-order valence-electron chi connectivity index (χ1n) is 6.30. The summed E-state index contributed by atoms with van der Waals surface area (Å²) in [6.07, 6.45) is 3.62. The Bertz CT molecular complexity index is 737. The van der Waals surface area contributed by atoms with Crippen LogP contribution in [0.3, 0.4) is 0 Å². The lowest BCUT2D eigenvalue weighted by molar-refractivity contribution is 0.397. The van der Waals surface area contributed by atoms with Gasteiger partial charge in [0.15, 0.2) is 5.65 Å². The molecule has 20 heavy (non-hydrogen) atoms. The second kappa shape index (κ2) is 5.16. The van der Waals surface area contributed by atoms with Gasteiger partial charge in [0.25, 0.3) is 0 Å². The first kappa shape index (κ1) is 12.4. The predicted molar refractivity (Wildman–Crippen MR) is 75.8 cm³/mol. The van der Waals surface area contributed by atoms with E-state index in [-0.39, 0.29) is 0 Å². The van der Waals surface area contributed by atoms with Gasteiger partial charge in [0, 0.05) is 25.0 Å². The van der Waals surface area contributed by atoms with E-state index in [0.29, 0.717) is 18.4 Å². The summed E-state index contributed by atoms with van der Waals surface area (Å²) in [5, 5.41) is 7.55. The lowest BCUT2D eigenvalue weighted by Gasteiger charge is -2.03. The van der Waals surface area contributed by atoms with Gasteiger partial charge in [-0.1, -0.05) is 0 Å². The molecule has 0 unspecified atom stereocenters. The van der Waals surface area contributed by atoms with Crippen LogP contribution in [0.25, 0.3) is 5.65 Å². The van der Waals surface area contributed by atoms with Crippen LogP contribution in [-0.4, -0.2) is 26.7 Å². The molecule has 0 fully saturated rings. The molecular formula is C14H15N5O. The van der Waals surface area contributed by atoms with Crippen molar-refractivity contribution in [1.29, 1.82) is 0 Å². The molecule has 0 amide bonds. The minimum Gasteiger partial charge on any atom is -0.481 e. The highest BCUT2D eigenvalue weighted by molar-refractivity contribution is 5.45. The van der Waals surface area contributed by atoms with Gasteiger partial charge < -0.3 is 10.1 Å². The van der Waals surface area contributed by atoms with E-state index < -0.39 is 0 Å². The molecular weight excluding hydrogens is 254 g/mol. The van der Waals surface area contributed by atoms with Crippen LogP contribution in [0.2, 0.25) is 0 Å². The predicted octanol–water partition coefficient (Wildman–Crippen LogP) is 2.05. The Labute approximate surface area is 116 Å². The zero-order valence-electron chi connectivity index (χ0n) is 11.4. The number of aromatic nitrogens is 4. The molecule has 0 bridgehead atoms. The highest BCUT2D eigenvalue weighted by Crippen LogP contribution is 2.11. The van der Waals surface area contributed by atoms with Gasteiger partial charge in [-0.05, 0) is 36.2 Å². The summed E-state index contributed by atoms with van der Waals surface area (Å²) in [5.74, 6) is 1.20. The number of hydrogen-bond acceptors (Lipinski definition) is 5. The van der Waals surface area contributed by atoms with Crippen LogP contribution in [0, 0.1) is 6.92 Å². The number of anilines is 1. The fourth-order valence-electron chi connectivity index (χ4n) is 1.91. The lowest BCUT2D eigenvalue weighted by atomic mass is 10.2. The van der Waals surface area contributed by atoms with Gasteiger partial charge in [-0.15, -0.1) is 5.10 Å². The summed E-state index contributed by atoms with van der Waals surface area (Å²) >= 11 is 0. The number of fused-ring (bicyclic) bond motifs is 1. The number of methoxy groups -OCH3 is 1. The van der Waals surface area contributed by atoms with E-state index in [1.807, 2.05) is 37.4 Å². The van der Waals surface area contributed by atoms with Crippen LogP contribution in [0.4, 0.5) is 5.95 Å². The van der Waals surface area contributed by atoms with Gasteiger partial charge in [0.1, 0.15) is 0 Å². The zero-order chi connectivity index (χ0) is 13.9. The summed E-state index contributed by atoms with van der Waals surface area (Å²) in [7, 11) is 1.60. The number of nitrogens with zero attached hydrogens (tertiary/aromatic N) is 4. The molecule has 0 aliphatic rings. The molecule has 0 aliphatic heterocycles. The van der Waals surface area contributed by atoms with Crippen LogP contribution in [-0.2, 0) is 6.54 Å². The minimum absolute atomic E-state index is 0.600. The molecule has 6 heteroatoms. The summed E-state index contributed by atoms with van der Waals surface area (Å²) in [5.41, 5.74) is 3.06. The molecule has 0 saturated carbocycles. The number of aryl methyl sites for hydroxylation is 1. The molecule has 102 valence electrons. The third-order valence-electron chi connectivity index (χ3n) is 2.95. The molecule has 3 aromatic rings. The Kier molecular flexibility index (Phi) is 3.20. The van der Waals surface area contributed by atoms with E-state index in [0.717, 1.165) is 16.8 Å². The third-order valence-corrected chi connectivity index (χ3v) is 2.95. The van der Waals surface area contributed by atoms with Crippen LogP contribution >= 0.6 is 0 Å². The first-order chi connectivity index (χ1) is 9.74. The molecule has 6 nitrogen and oxygen atoms in total. The zero-order valence-corrected chi connectivity index (χ0v) is 11.4. The number of pyridine rings is 2. The van der Waals surface area contributed by atoms with Crippen molar-refractivity contribution in [2.45, 2.75) is 13.5 Å². The summed E-state index contributed by atoms with van der Waals surface area (Å²) in [4.78, 5) is 8.50. The van der Waals surface area contributed by atoms with Crippen molar-refractivity contribution < 1.29 is 4.74 Å². The fourth-order valence-corrected chi connectivity index (χ4v) is 1.91. The largest absolute Gasteiger partial charge is 0.481 e. The van der Waals surface area contributed by atoms with Gasteiger partial charge in [-0.3, -0.25) is 0 Å². The van der Waals surface area contributed by atoms with E-state index in [1.165, 1.54) is 0 Å². The average molecular weight is 269 g/mol. The van der Waals surface area contributed by atoms with Gasteiger partial charge in [0.05, 0.1) is 7.11 Å². The minimum atomic E-state index is 0.600. The molecule has 0 saturated heterocycles. The van der Waals surface area contributed by atoms with Gasteiger partial charge >= 0.3 is 0 Å². The number of hydrogen-bond donors (Lipinski definition) is 1. The Hall–Kier alpha value is -2.63. The second-order valence-electron chi connectivity index (χ2n) is 4.50. The molecule has 0 aliphatic carbocycles. The molecule has 3 heterocycles. The van der Waals surface area contributed by atoms with Crippen molar-refractivity contribution in [3.63, 3.8) is 0 Å². The molecule has 0 atom stereocenters. The van der Waals surface area contributed by atoms with E-state index in [9.17, 15) is 0 Å². The second-order valence-corrected chi connectivity index (χ2v) is 4.50. The lowest BCUT2D eigenvalue weighted by Crippen LogP contribution is -2.02. The van der Waals surface area contributed by atoms with Crippen molar-refractivity contribution in [1.82, 2.24) is 19.6 Å². The Morgan fingerprint density at radius 2 is 2.20 bits per heavy atom. The molecule has 3 aromatic heterocycles. The molecule has 0 aromatic carbocycles. The quantitative estimate of drug-likeness (QED) is 0.785. The third kappa shape index (κ3) is 2.54. The Morgan fingerprint density at radius 3 is 3.05 bits per heavy atom. The monoisotopic (exact) mass is 269 g/mol. The maximum atomic E-state index is 5.09. The topological polar surface area (TPSA) is 64.3 Å².